The van der Waals surface area contributed by atoms with Crippen molar-refractivity contribution in [2.75, 3.05) is 16.8 Å². The molecular weight excluding hydrogens is 382 g/mol. The summed E-state index contributed by atoms with van der Waals surface area (Å²) in [7, 11) is 0. The molecule has 3 aromatic rings. The third kappa shape index (κ3) is 4.19. The van der Waals surface area contributed by atoms with Crippen molar-refractivity contribution in [2.45, 2.75) is 19.5 Å². The Hall–Kier alpha value is -2.68. The average Bonchev–Trinajstić information content (AvgIpc) is 3.03. The number of aromatic nitrogens is 1. The summed E-state index contributed by atoms with van der Waals surface area (Å²) in [4.78, 5) is 18.3. The second-order valence-electron chi connectivity index (χ2n) is 5.73. The smallest absolute Gasteiger partial charge is 0.307 e. The molecule has 142 valence electrons. The molecule has 2 aromatic carbocycles. The van der Waals surface area contributed by atoms with Gasteiger partial charge in [-0.3, -0.25) is 4.90 Å². The van der Waals surface area contributed by atoms with Crippen LogP contribution in [0.25, 0.3) is 10.2 Å². The van der Waals surface area contributed by atoms with Gasteiger partial charge in [0.25, 0.3) is 0 Å². The molecule has 2 amide bonds. The van der Waals surface area contributed by atoms with E-state index in [0.717, 1.165) is 16.8 Å². The summed E-state index contributed by atoms with van der Waals surface area (Å²) in [6, 6.07) is 8.66. The van der Waals surface area contributed by atoms with E-state index >= 15 is 0 Å². The largest absolute Gasteiger partial charge is 0.418 e. The van der Waals surface area contributed by atoms with E-state index < -0.39 is 29.3 Å². The number of hydrogen-bond acceptors (Lipinski definition) is 3. The first-order chi connectivity index (χ1) is 12.8. The van der Waals surface area contributed by atoms with E-state index in [9.17, 15) is 22.4 Å². The lowest BCUT2D eigenvalue weighted by molar-refractivity contribution is -0.137. The number of anilines is 2. The van der Waals surface area contributed by atoms with Crippen molar-refractivity contribution in [2.24, 2.45) is 0 Å². The Labute approximate surface area is 156 Å². The van der Waals surface area contributed by atoms with E-state index in [1.54, 1.807) is 6.07 Å². The van der Waals surface area contributed by atoms with Gasteiger partial charge in [-0.2, -0.15) is 13.2 Å². The average molecular weight is 397 g/mol. The van der Waals surface area contributed by atoms with Gasteiger partial charge >= 0.3 is 12.2 Å². The van der Waals surface area contributed by atoms with Crippen molar-refractivity contribution >= 4 is 38.4 Å². The highest BCUT2D eigenvalue weighted by molar-refractivity contribution is 7.22. The summed E-state index contributed by atoms with van der Waals surface area (Å²) in [5, 5.41) is 2.62. The fourth-order valence-corrected chi connectivity index (χ4v) is 3.52. The van der Waals surface area contributed by atoms with Gasteiger partial charge in [0.1, 0.15) is 5.82 Å². The Morgan fingerprint density at radius 2 is 1.96 bits per heavy atom. The second kappa shape index (κ2) is 7.51. The summed E-state index contributed by atoms with van der Waals surface area (Å²) < 4.78 is 53.6. The van der Waals surface area contributed by atoms with Crippen LogP contribution in [0, 0.1) is 5.82 Å². The number of alkyl halides is 3. The molecule has 1 N–H and O–H groups in total. The van der Waals surface area contributed by atoms with Crippen LogP contribution in [0.5, 0.6) is 0 Å². The second-order valence-corrected chi connectivity index (χ2v) is 6.74. The number of para-hydroxylation sites is 1. The normalized spacial score (nSPS) is 11.6. The number of urea groups is 1. The lowest BCUT2D eigenvalue weighted by Gasteiger charge is -2.21. The molecule has 0 radical (unpaired) electrons. The first-order valence-corrected chi connectivity index (χ1v) is 8.92. The van der Waals surface area contributed by atoms with Gasteiger partial charge in [-0.05, 0) is 36.8 Å². The van der Waals surface area contributed by atoms with Gasteiger partial charge in [0, 0.05) is 6.54 Å². The number of benzene rings is 2. The maximum Gasteiger partial charge on any atom is 0.418 e. The van der Waals surface area contributed by atoms with Crippen LogP contribution in [0.15, 0.2) is 42.5 Å². The molecule has 9 heteroatoms. The molecule has 0 fully saturated rings. The molecule has 0 aliphatic carbocycles. The van der Waals surface area contributed by atoms with Crippen LogP contribution in [0.3, 0.4) is 0 Å². The number of nitrogens with one attached hydrogen (secondary N) is 1. The summed E-state index contributed by atoms with van der Waals surface area (Å²) in [5.74, 6) is -1.03. The number of carbonyl (C=O) groups is 1. The molecule has 0 aliphatic rings. The lowest BCUT2D eigenvalue weighted by Crippen LogP contribution is -2.36. The molecule has 1 heterocycles. The molecule has 1 aromatic heterocycles. The number of thiazole rings is 1. The molecule has 3 rings (SSSR count). The summed E-state index contributed by atoms with van der Waals surface area (Å²) >= 11 is 1.27. The van der Waals surface area contributed by atoms with Crippen LogP contribution >= 0.6 is 11.3 Å². The Balaban J connectivity index is 1.93. The predicted octanol–water partition coefficient (Wildman–Crippen LogP) is 5.90. The molecule has 0 atom stereocenters. The number of hydrogen-bond donors (Lipinski definition) is 1. The minimum Gasteiger partial charge on any atom is -0.307 e. The molecule has 0 saturated heterocycles. The quantitative estimate of drug-likeness (QED) is 0.557. The summed E-state index contributed by atoms with van der Waals surface area (Å²) in [6.07, 6.45) is -4.21. The minimum atomic E-state index is -4.80. The molecule has 0 saturated carbocycles. The molecule has 27 heavy (non-hydrogen) atoms. The maximum absolute atomic E-state index is 13.2. The first kappa shape index (κ1) is 19.1. The third-order valence-corrected chi connectivity index (χ3v) is 4.79. The van der Waals surface area contributed by atoms with Gasteiger partial charge in [0.05, 0.1) is 21.5 Å². The highest BCUT2D eigenvalue weighted by Crippen LogP contribution is 2.36. The first-order valence-electron chi connectivity index (χ1n) is 8.10. The van der Waals surface area contributed by atoms with Crippen molar-refractivity contribution in [3.8, 4) is 0 Å². The molecule has 0 unspecified atom stereocenters. The zero-order chi connectivity index (χ0) is 19.6. The Bertz CT molecular complexity index is 938. The van der Waals surface area contributed by atoms with Crippen LogP contribution in [0.1, 0.15) is 18.9 Å². The SMILES string of the molecule is CCCN(C(=O)Nc1ccc(F)cc1C(F)(F)F)c1nc2ccccc2s1. The van der Waals surface area contributed by atoms with Crippen molar-refractivity contribution in [1.29, 1.82) is 0 Å². The van der Waals surface area contributed by atoms with E-state index in [1.807, 2.05) is 25.1 Å². The van der Waals surface area contributed by atoms with Crippen molar-refractivity contribution in [3.05, 3.63) is 53.8 Å². The highest BCUT2D eigenvalue weighted by Gasteiger charge is 2.35. The van der Waals surface area contributed by atoms with Crippen LogP contribution in [0.2, 0.25) is 0 Å². The maximum atomic E-state index is 13.2. The van der Waals surface area contributed by atoms with Gasteiger partial charge in [0.15, 0.2) is 5.13 Å². The fourth-order valence-electron chi connectivity index (χ4n) is 2.53. The van der Waals surface area contributed by atoms with E-state index in [2.05, 4.69) is 10.3 Å². The summed E-state index contributed by atoms with van der Waals surface area (Å²) in [6.45, 7) is 2.11. The molecular formula is C18H15F4N3OS. The van der Waals surface area contributed by atoms with Gasteiger partial charge in [-0.15, -0.1) is 0 Å². The Kier molecular flexibility index (Phi) is 5.31. The van der Waals surface area contributed by atoms with E-state index in [4.69, 9.17) is 0 Å². The predicted molar refractivity (Wildman–Crippen MR) is 97.7 cm³/mol. The van der Waals surface area contributed by atoms with Gasteiger partial charge in [-0.25, -0.2) is 14.2 Å². The van der Waals surface area contributed by atoms with Gasteiger partial charge in [-0.1, -0.05) is 30.4 Å². The zero-order valence-electron chi connectivity index (χ0n) is 14.2. The molecule has 0 aliphatic heterocycles. The van der Waals surface area contributed by atoms with Crippen molar-refractivity contribution in [1.82, 2.24) is 4.98 Å². The standard InChI is InChI=1S/C18H15F4N3OS/c1-2-9-25(17-24-14-5-3-4-6-15(14)27-17)16(26)23-13-8-7-11(19)10-12(13)18(20,21)22/h3-8,10H,2,9H2,1H3,(H,23,26). The topological polar surface area (TPSA) is 45.2 Å². The third-order valence-electron chi connectivity index (χ3n) is 3.73. The van der Waals surface area contributed by atoms with Crippen LogP contribution in [0.4, 0.5) is 33.2 Å². The van der Waals surface area contributed by atoms with Gasteiger partial charge < -0.3 is 5.32 Å². The molecule has 0 bridgehead atoms. The Morgan fingerprint density at radius 3 is 2.63 bits per heavy atom. The number of carbonyl (C=O) groups excluding carboxylic acids is 1. The number of nitrogens with zero attached hydrogens (tertiary/aromatic N) is 2. The van der Waals surface area contributed by atoms with Crippen LogP contribution < -0.4 is 10.2 Å². The van der Waals surface area contributed by atoms with Crippen molar-refractivity contribution < 1.29 is 22.4 Å². The highest BCUT2D eigenvalue weighted by atomic mass is 32.1. The minimum absolute atomic E-state index is 0.272. The number of amides is 2. The van der Waals surface area contributed by atoms with Crippen molar-refractivity contribution in [3.63, 3.8) is 0 Å². The van der Waals surface area contributed by atoms with E-state index in [0.29, 0.717) is 23.1 Å². The Morgan fingerprint density at radius 1 is 1.22 bits per heavy atom. The number of rotatable bonds is 4. The number of fused-ring (bicyclic) bond motifs is 1. The lowest BCUT2D eigenvalue weighted by atomic mass is 10.1. The van der Waals surface area contributed by atoms with E-state index in [-0.39, 0.29) is 6.54 Å². The zero-order valence-corrected chi connectivity index (χ0v) is 15.0. The van der Waals surface area contributed by atoms with Gasteiger partial charge in [0.2, 0.25) is 0 Å². The molecule has 4 nitrogen and oxygen atoms in total. The molecule has 0 spiro atoms. The van der Waals surface area contributed by atoms with Crippen LogP contribution in [-0.4, -0.2) is 17.6 Å². The summed E-state index contributed by atoms with van der Waals surface area (Å²) in [5.41, 5.74) is -1.04. The fraction of sp³-hybridized carbons (Fsp3) is 0.222. The number of halogens is 4. The van der Waals surface area contributed by atoms with Crippen LogP contribution in [-0.2, 0) is 6.18 Å². The monoisotopic (exact) mass is 397 g/mol. The van der Waals surface area contributed by atoms with E-state index in [1.165, 1.54) is 16.2 Å².